The first-order chi connectivity index (χ1) is 6.00. The van der Waals surface area contributed by atoms with E-state index in [-0.39, 0.29) is 11.6 Å². The monoisotopic (exact) mass is 182 g/mol. The van der Waals surface area contributed by atoms with Crippen LogP contribution in [0.1, 0.15) is 25.0 Å². The Morgan fingerprint density at radius 2 is 2.00 bits per heavy atom. The lowest BCUT2D eigenvalue weighted by atomic mass is 10.00. The van der Waals surface area contributed by atoms with Crippen LogP contribution in [0.5, 0.6) is 5.75 Å². The molecule has 1 aromatic rings. The van der Waals surface area contributed by atoms with Gasteiger partial charge in [0.1, 0.15) is 11.6 Å². The van der Waals surface area contributed by atoms with Crippen molar-refractivity contribution in [2.45, 2.75) is 27.2 Å². The average Bonchev–Trinajstić information content (AvgIpc) is 1.98. The summed E-state index contributed by atoms with van der Waals surface area (Å²) in [5.41, 5.74) is 1.31. The second-order valence-electron chi connectivity index (χ2n) is 3.83. The Morgan fingerprint density at radius 1 is 1.38 bits per heavy atom. The summed E-state index contributed by atoms with van der Waals surface area (Å²) in [7, 11) is 0. The standard InChI is InChI=1S/C11H15FO/c1-7(2)4-9-6-10(12)5-8(3)11(9)13/h5-7,13H,4H2,1-3H3. The van der Waals surface area contributed by atoms with Crippen LogP contribution in [-0.4, -0.2) is 5.11 Å². The van der Waals surface area contributed by atoms with Gasteiger partial charge in [-0.2, -0.15) is 0 Å². The molecule has 0 amide bonds. The first kappa shape index (κ1) is 10.0. The zero-order valence-electron chi connectivity index (χ0n) is 8.26. The molecule has 0 bridgehead atoms. The summed E-state index contributed by atoms with van der Waals surface area (Å²) < 4.78 is 12.9. The van der Waals surface area contributed by atoms with Crippen LogP contribution >= 0.6 is 0 Å². The van der Waals surface area contributed by atoms with Crippen molar-refractivity contribution >= 4 is 0 Å². The van der Waals surface area contributed by atoms with Gasteiger partial charge in [0.15, 0.2) is 0 Å². The van der Waals surface area contributed by atoms with Crippen molar-refractivity contribution in [2.75, 3.05) is 0 Å². The number of hydrogen-bond acceptors (Lipinski definition) is 1. The van der Waals surface area contributed by atoms with Crippen LogP contribution in [0.25, 0.3) is 0 Å². The lowest BCUT2D eigenvalue weighted by molar-refractivity contribution is 0.455. The molecular formula is C11H15FO. The van der Waals surface area contributed by atoms with Gasteiger partial charge in [-0.05, 0) is 42.5 Å². The van der Waals surface area contributed by atoms with E-state index >= 15 is 0 Å². The molecule has 0 fully saturated rings. The van der Waals surface area contributed by atoms with Crippen molar-refractivity contribution < 1.29 is 9.50 Å². The minimum absolute atomic E-state index is 0.232. The van der Waals surface area contributed by atoms with Gasteiger partial charge < -0.3 is 5.11 Å². The number of hydrogen-bond donors (Lipinski definition) is 1. The van der Waals surface area contributed by atoms with Gasteiger partial charge in [0.2, 0.25) is 0 Å². The summed E-state index contributed by atoms with van der Waals surface area (Å²) >= 11 is 0. The SMILES string of the molecule is Cc1cc(F)cc(CC(C)C)c1O. The Morgan fingerprint density at radius 3 is 2.54 bits per heavy atom. The summed E-state index contributed by atoms with van der Waals surface area (Å²) in [5, 5.41) is 9.60. The summed E-state index contributed by atoms with van der Waals surface area (Å²) in [6, 6.07) is 2.75. The summed E-state index contributed by atoms with van der Waals surface area (Å²) in [6.07, 6.45) is 0.713. The molecule has 0 heterocycles. The maximum Gasteiger partial charge on any atom is 0.124 e. The highest BCUT2D eigenvalue weighted by Gasteiger charge is 2.08. The zero-order chi connectivity index (χ0) is 10.0. The molecule has 13 heavy (non-hydrogen) atoms. The number of phenolic OH excluding ortho intramolecular Hbond substituents is 1. The first-order valence-electron chi connectivity index (χ1n) is 4.48. The van der Waals surface area contributed by atoms with Crippen molar-refractivity contribution in [2.24, 2.45) is 5.92 Å². The molecule has 0 saturated heterocycles. The molecule has 2 heteroatoms. The second kappa shape index (κ2) is 3.77. The van der Waals surface area contributed by atoms with Gasteiger partial charge in [-0.25, -0.2) is 4.39 Å². The predicted octanol–water partition coefficient (Wildman–Crippen LogP) is 3.04. The van der Waals surface area contributed by atoms with E-state index in [0.717, 1.165) is 0 Å². The highest BCUT2D eigenvalue weighted by Crippen LogP contribution is 2.25. The molecule has 0 saturated carbocycles. The largest absolute Gasteiger partial charge is 0.507 e. The molecule has 0 atom stereocenters. The Balaban J connectivity index is 3.05. The third kappa shape index (κ3) is 2.44. The van der Waals surface area contributed by atoms with Gasteiger partial charge in [-0.3, -0.25) is 0 Å². The van der Waals surface area contributed by atoms with Crippen LogP contribution in [0.15, 0.2) is 12.1 Å². The van der Waals surface area contributed by atoms with Crippen molar-refractivity contribution in [3.8, 4) is 5.75 Å². The number of aryl methyl sites for hydroxylation is 1. The third-order valence-electron chi connectivity index (χ3n) is 1.97. The highest BCUT2D eigenvalue weighted by atomic mass is 19.1. The van der Waals surface area contributed by atoms with E-state index < -0.39 is 0 Å². The lowest BCUT2D eigenvalue weighted by Gasteiger charge is -2.09. The summed E-state index contributed by atoms with van der Waals surface area (Å²) in [4.78, 5) is 0. The number of rotatable bonds is 2. The normalized spacial score (nSPS) is 10.8. The molecule has 72 valence electrons. The number of phenols is 1. The van der Waals surface area contributed by atoms with Crippen LogP contribution in [0.3, 0.4) is 0 Å². The molecule has 0 unspecified atom stereocenters. The topological polar surface area (TPSA) is 20.2 Å². The number of aromatic hydroxyl groups is 1. The molecule has 1 aromatic carbocycles. The molecule has 0 aromatic heterocycles. The van der Waals surface area contributed by atoms with Crippen molar-refractivity contribution in [1.82, 2.24) is 0 Å². The van der Waals surface area contributed by atoms with Crippen LogP contribution in [0.4, 0.5) is 4.39 Å². The lowest BCUT2D eigenvalue weighted by Crippen LogP contribution is -1.96. The Kier molecular flexibility index (Phi) is 2.91. The van der Waals surface area contributed by atoms with Crippen molar-refractivity contribution in [1.29, 1.82) is 0 Å². The third-order valence-corrected chi connectivity index (χ3v) is 1.97. The zero-order valence-corrected chi connectivity index (χ0v) is 8.26. The molecule has 0 radical (unpaired) electrons. The Bertz CT molecular complexity index is 305. The van der Waals surface area contributed by atoms with Crippen LogP contribution in [-0.2, 0) is 6.42 Å². The van der Waals surface area contributed by atoms with E-state index in [9.17, 15) is 9.50 Å². The van der Waals surface area contributed by atoms with Gasteiger partial charge >= 0.3 is 0 Å². The fourth-order valence-corrected chi connectivity index (χ4v) is 1.40. The molecule has 0 spiro atoms. The van der Waals surface area contributed by atoms with Gasteiger partial charge in [0.05, 0.1) is 0 Å². The van der Waals surface area contributed by atoms with Crippen LogP contribution in [0, 0.1) is 18.7 Å². The second-order valence-corrected chi connectivity index (χ2v) is 3.83. The molecule has 1 nitrogen and oxygen atoms in total. The summed E-state index contributed by atoms with van der Waals surface area (Å²) in [6.45, 7) is 5.79. The van der Waals surface area contributed by atoms with E-state index in [2.05, 4.69) is 0 Å². The van der Waals surface area contributed by atoms with Gasteiger partial charge in [0.25, 0.3) is 0 Å². The smallest absolute Gasteiger partial charge is 0.124 e. The summed E-state index contributed by atoms with van der Waals surface area (Å²) in [5.74, 6) is 0.383. The molecule has 0 aliphatic heterocycles. The average molecular weight is 182 g/mol. The predicted molar refractivity (Wildman–Crippen MR) is 51.3 cm³/mol. The van der Waals surface area contributed by atoms with E-state index in [1.54, 1.807) is 6.92 Å². The number of benzene rings is 1. The van der Waals surface area contributed by atoms with Gasteiger partial charge in [-0.1, -0.05) is 13.8 Å². The maximum absolute atomic E-state index is 12.9. The minimum Gasteiger partial charge on any atom is -0.507 e. The van der Waals surface area contributed by atoms with E-state index in [1.807, 2.05) is 13.8 Å². The van der Waals surface area contributed by atoms with Crippen LogP contribution in [0.2, 0.25) is 0 Å². The fraction of sp³-hybridized carbons (Fsp3) is 0.455. The van der Waals surface area contributed by atoms with Crippen molar-refractivity contribution in [3.63, 3.8) is 0 Å². The molecule has 1 rings (SSSR count). The van der Waals surface area contributed by atoms with Gasteiger partial charge in [0, 0.05) is 0 Å². The van der Waals surface area contributed by atoms with E-state index in [1.165, 1.54) is 12.1 Å². The molecule has 0 aliphatic rings. The fourth-order valence-electron chi connectivity index (χ4n) is 1.40. The van der Waals surface area contributed by atoms with E-state index in [4.69, 9.17) is 0 Å². The van der Waals surface area contributed by atoms with Crippen molar-refractivity contribution in [3.05, 3.63) is 29.1 Å². The quantitative estimate of drug-likeness (QED) is 0.745. The first-order valence-corrected chi connectivity index (χ1v) is 4.48. The molecular weight excluding hydrogens is 167 g/mol. The Labute approximate surface area is 78.2 Å². The van der Waals surface area contributed by atoms with Crippen LogP contribution < -0.4 is 0 Å². The maximum atomic E-state index is 12.9. The number of halogens is 1. The van der Waals surface area contributed by atoms with Gasteiger partial charge in [-0.15, -0.1) is 0 Å². The molecule has 1 N–H and O–H groups in total. The Hall–Kier alpha value is -1.05. The highest BCUT2D eigenvalue weighted by molar-refractivity contribution is 5.40. The van der Waals surface area contributed by atoms with E-state index in [0.29, 0.717) is 23.5 Å². The minimum atomic E-state index is -0.272. The molecule has 0 aliphatic carbocycles.